The van der Waals surface area contributed by atoms with Crippen molar-refractivity contribution in [3.63, 3.8) is 0 Å². The molecule has 1 aromatic carbocycles. The maximum Gasteiger partial charge on any atom is 0.257 e. The molecule has 0 saturated heterocycles. The Kier molecular flexibility index (Phi) is 4.17. The van der Waals surface area contributed by atoms with Crippen LogP contribution < -0.4 is 0 Å². The average Bonchev–Trinajstić information content (AvgIpc) is 3.11. The van der Waals surface area contributed by atoms with Gasteiger partial charge in [0.2, 0.25) is 0 Å². The van der Waals surface area contributed by atoms with E-state index in [2.05, 4.69) is 20.5 Å². The van der Waals surface area contributed by atoms with Crippen LogP contribution in [0.3, 0.4) is 0 Å². The first-order valence-electron chi connectivity index (χ1n) is 6.28. The highest BCUT2D eigenvalue weighted by atomic mass is 35.5. The summed E-state index contributed by atoms with van der Waals surface area (Å²) in [6.07, 6.45) is 2.50. The Hall–Kier alpha value is -1.92. The van der Waals surface area contributed by atoms with Gasteiger partial charge in [0.1, 0.15) is 6.54 Å². The number of nitrogens with zero attached hydrogens (tertiary/aromatic N) is 5. The van der Waals surface area contributed by atoms with Gasteiger partial charge in [-0.05, 0) is 24.3 Å². The van der Waals surface area contributed by atoms with Gasteiger partial charge in [0.25, 0.3) is 5.89 Å². The quantitative estimate of drug-likeness (QED) is 0.675. The van der Waals surface area contributed by atoms with Crippen molar-refractivity contribution < 1.29 is 4.52 Å². The summed E-state index contributed by atoms with van der Waals surface area (Å²) in [6.45, 7) is 0.395. The molecule has 6 nitrogen and oxygen atoms in total. The van der Waals surface area contributed by atoms with Crippen molar-refractivity contribution in [2.75, 3.05) is 5.88 Å². The Morgan fingerprint density at radius 2 is 2.00 bits per heavy atom. The molecule has 0 bridgehead atoms. The highest BCUT2D eigenvalue weighted by molar-refractivity contribution is 6.30. The summed E-state index contributed by atoms with van der Waals surface area (Å²) in [7, 11) is 0. The number of hydrogen-bond acceptors (Lipinski definition) is 5. The van der Waals surface area contributed by atoms with Gasteiger partial charge in [0.05, 0.1) is 5.69 Å². The average molecular weight is 324 g/mol. The third-order valence-electron chi connectivity index (χ3n) is 2.80. The number of alkyl halides is 1. The van der Waals surface area contributed by atoms with Gasteiger partial charge < -0.3 is 4.52 Å². The summed E-state index contributed by atoms with van der Waals surface area (Å²) in [5.74, 6) is 1.49. The van der Waals surface area contributed by atoms with Gasteiger partial charge in [0.15, 0.2) is 5.82 Å². The summed E-state index contributed by atoms with van der Waals surface area (Å²) >= 11 is 11.5. The molecule has 3 aromatic rings. The molecule has 108 valence electrons. The fourth-order valence-corrected chi connectivity index (χ4v) is 2.12. The molecule has 0 spiro atoms. The van der Waals surface area contributed by atoms with Crippen LogP contribution in [0.5, 0.6) is 0 Å². The first-order chi connectivity index (χ1) is 10.2. The van der Waals surface area contributed by atoms with E-state index in [0.717, 1.165) is 11.3 Å². The van der Waals surface area contributed by atoms with Gasteiger partial charge in [-0.2, -0.15) is 4.98 Å². The van der Waals surface area contributed by atoms with Crippen LogP contribution in [0.25, 0.3) is 11.5 Å². The first kappa shape index (κ1) is 14.0. The smallest absolute Gasteiger partial charge is 0.257 e. The Morgan fingerprint density at radius 1 is 1.19 bits per heavy atom. The summed E-state index contributed by atoms with van der Waals surface area (Å²) < 4.78 is 6.88. The van der Waals surface area contributed by atoms with Gasteiger partial charge in [-0.15, -0.1) is 16.7 Å². The zero-order chi connectivity index (χ0) is 14.7. The summed E-state index contributed by atoms with van der Waals surface area (Å²) in [5.41, 5.74) is 1.66. The Morgan fingerprint density at radius 3 is 2.76 bits per heavy atom. The number of halogens is 2. The lowest BCUT2D eigenvalue weighted by Crippen LogP contribution is -2.02. The van der Waals surface area contributed by atoms with E-state index in [-0.39, 0.29) is 0 Å². The van der Waals surface area contributed by atoms with Crippen LogP contribution >= 0.6 is 23.2 Å². The Bertz CT molecular complexity index is 722. The molecule has 0 unspecified atom stereocenters. The van der Waals surface area contributed by atoms with Crippen LogP contribution in [0.4, 0.5) is 0 Å². The summed E-state index contributed by atoms with van der Waals surface area (Å²) in [4.78, 5) is 4.33. The van der Waals surface area contributed by atoms with Crippen molar-refractivity contribution in [2.45, 2.75) is 13.0 Å². The minimum Gasteiger partial charge on any atom is -0.334 e. The second-order valence-corrected chi connectivity index (χ2v) is 5.18. The molecular weight excluding hydrogens is 313 g/mol. The molecule has 3 rings (SSSR count). The minimum absolute atomic E-state index is 0.395. The van der Waals surface area contributed by atoms with Crippen LogP contribution in [-0.2, 0) is 13.0 Å². The van der Waals surface area contributed by atoms with E-state index in [1.807, 2.05) is 18.3 Å². The number of aryl methyl sites for hydroxylation is 1. The third kappa shape index (κ3) is 3.40. The van der Waals surface area contributed by atoms with Crippen LogP contribution in [0.1, 0.15) is 11.5 Å². The zero-order valence-electron chi connectivity index (χ0n) is 10.9. The molecular formula is C13H11Cl2N5O. The highest BCUT2D eigenvalue weighted by Gasteiger charge is 2.10. The molecule has 2 heterocycles. The molecule has 0 saturated carbocycles. The van der Waals surface area contributed by atoms with Gasteiger partial charge >= 0.3 is 0 Å². The third-order valence-corrected chi connectivity index (χ3v) is 3.24. The molecule has 21 heavy (non-hydrogen) atoms. The standard InChI is InChI=1S/C13H11Cl2N5O/c14-6-5-11-7-20(19-17-11)8-12-16-13(21-18-12)9-1-3-10(15)4-2-9/h1-4,7H,5-6,8H2. The normalized spacial score (nSPS) is 11.0. The van der Waals surface area contributed by atoms with E-state index in [4.69, 9.17) is 27.7 Å². The second kappa shape index (κ2) is 6.24. The predicted molar refractivity (Wildman–Crippen MR) is 78.3 cm³/mol. The lowest BCUT2D eigenvalue weighted by molar-refractivity contribution is 0.418. The van der Waals surface area contributed by atoms with Crippen molar-refractivity contribution in [1.82, 2.24) is 25.1 Å². The maximum atomic E-state index is 5.85. The molecule has 0 radical (unpaired) electrons. The van der Waals surface area contributed by atoms with Crippen molar-refractivity contribution in [1.29, 1.82) is 0 Å². The van der Waals surface area contributed by atoms with Crippen LogP contribution in [0.15, 0.2) is 35.0 Å². The summed E-state index contributed by atoms with van der Waals surface area (Å²) in [5, 5.41) is 12.6. The van der Waals surface area contributed by atoms with E-state index in [1.54, 1.807) is 16.8 Å². The van der Waals surface area contributed by atoms with Gasteiger partial charge in [-0.1, -0.05) is 22.0 Å². The minimum atomic E-state index is 0.395. The van der Waals surface area contributed by atoms with Crippen LogP contribution in [0.2, 0.25) is 5.02 Å². The molecule has 0 aliphatic rings. The second-order valence-electron chi connectivity index (χ2n) is 4.37. The van der Waals surface area contributed by atoms with Gasteiger partial charge in [-0.25, -0.2) is 4.68 Å². The van der Waals surface area contributed by atoms with Gasteiger partial charge in [0, 0.05) is 29.1 Å². The van der Waals surface area contributed by atoms with Crippen molar-refractivity contribution in [3.8, 4) is 11.5 Å². The number of rotatable bonds is 5. The molecule has 0 N–H and O–H groups in total. The number of hydrogen-bond donors (Lipinski definition) is 0. The van der Waals surface area contributed by atoms with Crippen LogP contribution in [0, 0.1) is 0 Å². The fraction of sp³-hybridized carbons (Fsp3) is 0.231. The SMILES string of the molecule is ClCCc1cn(Cc2noc(-c3ccc(Cl)cc3)n2)nn1. The Labute approximate surface area is 130 Å². The molecule has 0 aliphatic carbocycles. The lowest BCUT2D eigenvalue weighted by atomic mass is 10.2. The van der Waals surface area contributed by atoms with Crippen molar-refractivity contribution in [2.24, 2.45) is 0 Å². The first-order valence-corrected chi connectivity index (χ1v) is 7.19. The molecule has 2 aromatic heterocycles. The largest absolute Gasteiger partial charge is 0.334 e. The Balaban J connectivity index is 1.73. The fourth-order valence-electron chi connectivity index (χ4n) is 1.80. The van der Waals surface area contributed by atoms with E-state index in [9.17, 15) is 0 Å². The number of benzene rings is 1. The topological polar surface area (TPSA) is 69.6 Å². The van der Waals surface area contributed by atoms with Gasteiger partial charge in [-0.3, -0.25) is 0 Å². The summed E-state index contributed by atoms with van der Waals surface area (Å²) in [6, 6.07) is 7.20. The molecule has 0 fully saturated rings. The highest BCUT2D eigenvalue weighted by Crippen LogP contribution is 2.19. The van der Waals surface area contributed by atoms with E-state index < -0.39 is 0 Å². The van der Waals surface area contributed by atoms with Crippen LogP contribution in [-0.4, -0.2) is 31.0 Å². The lowest BCUT2D eigenvalue weighted by Gasteiger charge is -1.94. The van der Waals surface area contributed by atoms with Crippen molar-refractivity contribution >= 4 is 23.2 Å². The molecule has 0 atom stereocenters. The molecule has 0 amide bonds. The maximum absolute atomic E-state index is 5.85. The van der Waals surface area contributed by atoms with E-state index >= 15 is 0 Å². The monoisotopic (exact) mass is 323 g/mol. The van der Waals surface area contributed by atoms with E-state index in [0.29, 0.717) is 35.6 Å². The zero-order valence-corrected chi connectivity index (χ0v) is 12.4. The predicted octanol–water partition coefficient (Wildman–Crippen LogP) is 2.81. The van der Waals surface area contributed by atoms with E-state index in [1.165, 1.54) is 0 Å². The van der Waals surface area contributed by atoms with Crippen molar-refractivity contribution in [3.05, 3.63) is 47.0 Å². The molecule has 8 heteroatoms. The number of aromatic nitrogens is 5. The molecule has 0 aliphatic heterocycles.